The zero-order chi connectivity index (χ0) is 9.03. The van der Waals surface area contributed by atoms with Gasteiger partial charge in [-0.25, -0.2) is 0 Å². The van der Waals surface area contributed by atoms with Gasteiger partial charge in [0.25, 0.3) is 0 Å². The van der Waals surface area contributed by atoms with E-state index in [4.69, 9.17) is 0 Å². The third-order valence-electron chi connectivity index (χ3n) is 2.49. The molecule has 3 heteroatoms. The third-order valence-corrected chi connectivity index (χ3v) is 2.49. The van der Waals surface area contributed by atoms with Crippen molar-refractivity contribution in [3.63, 3.8) is 0 Å². The second-order valence-corrected chi connectivity index (χ2v) is 3.87. The van der Waals surface area contributed by atoms with Crippen molar-refractivity contribution in [1.29, 1.82) is 0 Å². The van der Waals surface area contributed by atoms with Crippen molar-refractivity contribution in [2.45, 2.75) is 26.7 Å². The summed E-state index contributed by atoms with van der Waals surface area (Å²) in [5, 5.41) is 6.24. The molecule has 0 spiro atoms. The fourth-order valence-electron chi connectivity index (χ4n) is 1.46. The average molecular weight is 170 g/mol. The maximum absolute atomic E-state index is 11.0. The Balaban J connectivity index is 2.25. The second kappa shape index (κ2) is 3.90. The molecule has 0 aliphatic carbocycles. The summed E-state index contributed by atoms with van der Waals surface area (Å²) >= 11 is 0. The van der Waals surface area contributed by atoms with Gasteiger partial charge >= 0.3 is 0 Å². The van der Waals surface area contributed by atoms with Crippen molar-refractivity contribution < 1.29 is 4.79 Å². The van der Waals surface area contributed by atoms with E-state index in [1.165, 1.54) is 0 Å². The molecule has 1 aliphatic heterocycles. The number of hydrogen-bond acceptors (Lipinski definition) is 2. The highest BCUT2D eigenvalue weighted by molar-refractivity contribution is 5.75. The van der Waals surface area contributed by atoms with Crippen LogP contribution < -0.4 is 10.6 Å². The molecular weight excluding hydrogens is 152 g/mol. The van der Waals surface area contributed by atoms with E-state index < -0.39 is 0 Å². The highest BCUT2D eigenvalue weighted by atomic mass is 16.1. The van der Waals surface area contributed by atoms with Gasteiger partial charge in [-0.2, -0.15) is 0 Å². The van der Waals surface area contributed by atoms with E-state index in [2.05, 4.69) is 17.6 Å². The molecule has 1 atom stereocenters. The number of rotatable bonds is 3. The number of amides is 1. The van der Waals surface area contributed by atoms with Crippen LogP contribution in [0.25, 0.3) is 0 Å². The van der Waals surface area contributed by atoms with Crippen LogP contribution in [0.3, 0.4) is 0 Å². The number of carbonyl (C=O) groups is 1. The molecule has 1 saturated heterocycles. The fraction of sp³-hybridized carbons (Fsp3) is 0.889. The number of nitrogens with one attached hydrogen (secondary N) is 2. The Kier molecular flexibility index (Phi) is 3.09. The predicted octanol–water partition coefficient (Wildman–Crippen LogP) is 0.512. The van der Waals surface area contributed by atoms with Crippen molar-refractivity contribution in [2.75, 3.05) is 19.6 Å². The number of carbonyl (C=O) groups excluding carboxylic acids is 1. The van der Waals surface area contributed by atoms with Crippen LogP contribution in [0.1, 0.15) is 26.7 Å². The van der Waals surface area contributed by atoms with E-state index in [0.717, 1.165) is 26.1 Å². The molecule has 1 amide bonds. The molecule has 3 nitrogen and oxygen atoms in total. The highest BCUT2D eigenvalue weighted by Gasteiger charge is 2.28. The lowest BCUT2D eigenvalue weighted by atomic mass is 9.90. The highest BCUT2D eigenvalue weighted by Crippen LogP contribution is 2.22. The zero-order valence-corrected chi connectivity index (χ0v) is 7.94. The van der Waals surface area contributed by atoms with Gasteiger partial charge in [0.05, 0.1) is 0 Å². The van der Waals surface area contributed by atoms with Gasteiger partial charge in [-0.15, -0.1) is 0 Å². The lowest BCUT2D eigenvalue weighted by Gasteiger charge is -2.22. The molecular formula is C9H18N2O. The van der Waals surface area contributed by atoms with E-state index in [0.29, 0.717) is 6.42 Å². The van der Waals surface area contributed by atoms with Crippen molar-refractivity contribution in [1.82, 2.24) is 10.6 Å². The van der Waals surface area contributed by atoms with Crippen LogP contribution in [-0.2, 0) is 4.79 Å². The van der Waals surface area contributed by atoms with E-state index in [9.17, 15) is 4.79 Å². The first-order valence-electron chi connectivity index (χ1n) is 4.64. The molecule has 70 valence electrons. The Hall–Kier alpha value is -0.570. The maximum atomic E-state index is 11.0. The van der Waals surface area contributed by atoms with E-state index in [1.54, 1.807) is 0 Å². The Morgan fingerprint density at radius 1 is 1.67 bits per heavy atom. The summed E-state index contributed by atoms with van der Waals surface area (Å²) in [4.78, 5) is 11.0. The van der Waals surface area contributed by atoms with Crippen molar-refractivity contribution in [3.05, 3.63) is 0 Å². The summed E-state index contributed by atoms with van der Waals surface area (Å²) in [6.45, 7) is 7.01. The van der Waals surface area contributed by atoms with E-state index in [1.807, 2.05) is 6.92 Å². The molecule has 1 unspecified atom stereocenters. The summed E-state index contributed by atoms with van der Waals surface area (Å²) in [5.41, 5.74) is 0.283. The molecule has 0 saturated carbocycles. The van der Waals surface area contributed by atoms with Gasteiger partial charge in [0, 0.05) is 19.5 Å². The van der Waals surface area contributed by atoms with Crippen LogP contribution in [0.4, 0.5) is 0 Å². The maximum Gasteiger partial charge on any atom is 0.219 e. The SMILES string of the molecule is CCC(=O)NCC1(C)CCNC1. The predicted molar refractivity (Wildman–Crippen MR) is 48.9 cm³/mol. The van der Waals surface area contributed by atoms with Gasteiger partial charge in [0.15, 0.2) is 0 Å². The first kappa shape index (κ1) is 9.52. The van der Waals surface area contributed by atoms with Crippen LogP contribution >= 0.6 is 0 Å². The Morgan fingerprint density at radius 2 is 2.42 bits per heavy atom. The first-order chi connectivity index (χ1) is 5.66. The first-order valence-corrected chi connectivity index (χ1v) is 4.64. The molecule has 1 aliphatic rings. The average Bonchev–Trinajstić information content (AvgIpc) is 2.49. The monoisotopic (exact) mass is 170 g/mol. The fourth-order valence-corrected chi connectivity index (χ4v) is 1.46. The van der Waals surface area contributed by atoms with Crippen LogP contribution in [-0.4, -0.2) is 25.5 Å². The summed E-state index contributed by atoms with van der Waals surface area (Å²) in [7, 11) is 0. The summed E-state index contributed by atoms with van der Waals surface area (Å²) < 4.78 is 0. The van der Waals surface area contributed by atoms with Crippen LogP contribution in [0.15, 0.2) is 0 Å². The normalized spacial score (nSPS) is 28.8. The topological polar surface area (TPSA) is 41.1 Å². The minimum absolute atomic E-state index is 0.156. The molecule has 12 heavy (non-hydrogen) atoms. The minimum atomic E-state index is 0.156. The molecule has 1 heterocycles. The van der Waals surface area contributed by atoms with Crippen LogP contribution in [0, 0.1) is 5.41 Å². The number of hydrogen-bond donors (Lipinski definition) is 2. The quantitative estimate of drug-likeness (QED) is 0.648. The Labute approximate surface area is 73.9 Å². The molecule has 0 aromatic carbocycles. The lowest BCUT2D eigenvalue weighted by molar-refractivity contribution is -0.121. The second-order valence-electron chi connectivity index (χ2n) is 3.87. The van der Waals surface area contributed by atoms with Gasteiger partial charge in [-0.05, 0) is 18.4 Å². The Bertz CT molecular complexity index is 162. The summed E-state index contributed by atoms with van der Waals surface area (Å²) in [5.74, 6) is 0.156. The zero-order valence-electron chi connectivity index (χ0n) is 7.94. The van der Waals surface area contributed by atoms with Gasteiger partial charge in [-0.1, -0.05) is 13.8 Å². The molecule has 0 aromatic rings. The van der Waals surface area contributed by atoms with Crippen molar-refractivity contribution in [2.24, 2.45) is 5.41 Å². The van der Waals surface area contributed by atoms with Gasteiger partial charge < -0.3 is 10.6 Å². The van der Waals surface area contributed by atoms with Crippen molar-refractivity contribution >= 4 is 5.91 Å². The summed E-state index contributed by atoms with van der Waals surface area (Å²) in [6.07, 6.45) is 1.75. The lowest BCUT2D eigenvalue weighted by Crippen LogP contribution is -2.36. The minimum Gasteiger partial charge on any atom is -0.356 e. The Morgan fingerprint density at radius 3 is 2.92 bits per heavy atom. The third kappa shape index (κ3) is 2.48. The molecule has 0 radical (unpaired) electrons. The van der Waals surface area contributed by atoms with Crippen LogP contribution in [0.2, 0.25) is 0 Å². The smallest absolute Gasteiger partial charge is 0.219 e. The molecule has 0 bridgehead atoms. The van der Waals surface area contributed by atoms with Gasteiger partial charge in [0.1, 0.15) is 0 Å². The molecule has 0 aromatic heterocycles. The molecule has 1 rings (SSSR count). The van der Waals surface area contributed by atoms with E-state index >= 15 is 0 Å². The van der Waals surface area contributed by atoms with E-state index in [-0.39, 0.29) is 11.3 Å². The molecule has 1 fully saturated rings. The van der Waals surface area contributed by atoms with Gasteiger partial charge in [-0.3, -0.25) is 4.79 Å². The largest absolute Gasteiger partial charge is 0.356 e. The standard InChI is InChI=1S/C9H18N2O/c1-3-8(12)11-7-9(2)4-5-10-6-9/h10H,3-7H2,1-2H3,(H,11,12). The van der Waals surface area contributed by atoms with Crippen molar-refractivity contribution in [3.8, 4) is 0 Å². The van der Waals surface area contributed by atoms with Crippen LogP contribution in [0.5, 0.6) is 0 Å². The summed E-state index contributed by atoms with van der Waals surface area (Å²) in [6, 6.07) is 0. The molecule has 2 N–H and O–H groups in total. The van der Waals surface area contributed by atoms with Gasteiger partial charge in [0.2, 0.25) is 5.91 Å².